The number of nitrogens with zero attached hydrogens (tertiary/aromatic N) is 2. The Kier molecular flexibility index (Phi) is 4.67. The molecule has 2 rings (SSSR count). The summed E-state index contributed by atoms with van der Waals surface area (Å²) in [6.45, 7) is 0.297. The van der Waals surface area contributed by atoms with Crippen LogP contribution in [0.1, 0.15) is 12.6 Å². The third-order valence-corrected chi connectivity index (χ3v) is 3.54. The summed E-state index contributed by atoms with van der Waals surface area (Å²) in [4.78, 5) is 3.74. The molecule has 0 saturated heterocycles. The minimum Gasteiger partial charge on any atom is -0.353 e. The number of aromatic nitrogens is 2. The van der Waals surface area contributed by atoms with Crippen molar-refractivity contribution in [3.63, 3.8) is 0 Å². The Hall–Kier alpha value is -2.03. The minimum absolute atomic E-state index is 0.0248. The van der Waals surface area contributed by atoms with Gasteiger partial charge in [-0.25, -0.2) is 4.98 Å². The van der Waals surface area contributed by atoms with Crippen LogP contribution < -0.4 is 0 Å². The lowest BCUT2D eigenvalue weighted by Crippen LogP contribution is -2.56. The first-order valence-electron chi connectivity index (χ1n) is 6.91. The third-order valence-electron chi connectivity index (χ3n) is 3.54. The number of hydrogen-bond acceptors (Lipinski definition) is 2. The Morgan fingerprint density at radius 1 is 1.00 bits per heavy atom. The molecule has 0 N–H and O–H groups in total. The molecule has 0 aliphatic rings. The first-order chi connectivity index (χ1) is 11.1. The predicted octanol–water partition coefficient (Wildman–Crippen LogP) is 4.44. The van der Waals surface area contributed by atoms with E-state index in [-0.39, 0.29) is 5.82 Å². The monoisotopic (exact) mass is 352 g/mol. The van der Waals surface area contributed by atoms with Gasteiger partial charge in [-0.3, -0.25) is 0 Å². The van der Waals surface area contributed by atoms with E-state index in [1.165, 1.54) is 12.1 Å². The molecule has 0 aliphatic carbocycles. The second-order valence-electron chi connectivity index (χ2n) is 5.00. The van der Waals surface area contributed by atoms with Crippen LogP contribution in [0.4, 0.5) is 26.3 Å². The maximum atomic E-state index is 13.4. The van der Waals surface area contributed by atoms with E-state index in [2.05, 4.69) is 9.72 Å². The zero-order chi connectivity index (χ0) is 18.2. The molecule has 1 heterocycles. The molecule has 9 heteroatoms. The summed E-state index contributed by atoms with van der Waals surface area (Å²) >= 11 is 0. The number of ether oxygens (including phenoxy) is 1. The van der Waals surface area contributed by atoms with Crippen molar-refractivity contribution in [1.82, 2.24) is 9.55 Å². The van der Waals surface area contributed by atoms with Gasteiger partial charge in [-0.1, -0.05) is 30.3 Å². The van der Waals surface area contributed by atoms with Crippen LogP contribution in [0, 0.1) is 0 Å². The summed E-state index contributed by atoms with van der Waals surface area (Å²) in [6, 6.07) is 7.95. The number of rotatable bonds is 4. The molecule has 3 nitrogen and oxygen atoms in total. The van der Waals surface area contributed by atoms with Crippen LogP contribution in [0.5, 0.6) is 0 Å². The van der Waals surface area contributed by atoms with Crippen LogP contribution in [0.25, 0.3) is 11.4 Å². The van der Waals surface area contributed by atoms with E-state index in [0.717, 1.165) is 18.5 Å². The molecule has 0 unspecified atom stereocenters. The number of hydrogen-bond donors (Lipinski definition) is 0. The van der Waals surface area contributed by atoms with E-state index < -0.39 is 30.3 Å². The average Bonchev–Trinajstić information content (AvgIpc) is 2.85. The lowest BCUT2D eigenvalue weighted by molar-refractivity contribution is -0.390. The van der Waals surface area contributed by atoms with Crippen LogP contribution in [0.15, 0.2) is 36.5 Å². The predicted molar refractivity (Wildman–Crippen MR) is 74.1 cm³/mol. The summed E-state index contributed by atoms with van der Waals surface area (Å²) in [5, 5.41) is 0. The summed E-state index contributed by atoms with van der Waals surface area (Å²) in [5.74, 6) is -0.0248. The van der Waals surface area contributed by atoms with Crippen LogP contribution in [-0.4, -0.2) is 28.5 Å². The highest BCUT2D eigenvalue weighted by molar-refractivity contribution is 5.56. The van der Waals surface area contributed by atoms with Crippen molar-refractivity contribution >= 4 is 0 Å². The number of benzene rings is 1. The quantitative estimate of drug-likeness (QED) is 0.761. The fourth-order valence-corrected chi connectivity index (χ4v) is 2.50. The van der Waals surface area contributed by atoms with Gasteiger partial charge >= 0.3 is 18.0 Å². The van der Waals surface area contributed by atoms with Crippen molar-refractivity contribution in [2.75, 3.05) is 6.61 Å². The fraction of sp³-hybridized carbons (Fsp3) is 0.400. The van der Waals surface area contributed by atoms with Crippen LogP contribution >= 0.6 is 0 Å². The van der Waals surface area contributed by atoms with Gasteiger partial charge in [0.2, 0.25) is 0 Å². The summed E-state index contributed by atoms with van der Waals surface area (Å²) in [6.07, 6.45) is -10.9. The highest BCUT2D eigenvalue weighted by Gasteiger charge is 2.74. The molecule has 0 aliphatic heterocycles. The largest absolute Gasteiger partial charge is 0.432 e. The maximum absolute atomic E-state index is 13.4. The second-order valence-corrected chi connectivity index (χ2v) is 5.00. The van der Waals surface area contributed by atoms with Gasteiger partial charge in [0.15, 0.2) is 0 Å². The third kappa shape index (κ3) is 2.77. The zero-order valence-corrected chi connectivity index (χ0v) is 12.7. The van der Waals surface area contributed by atoms with Crippen LogP contribution in [-0.2, 0) is 17.4 Å². The van der Waals surface area contributed by atoms with Crippen molar-refractivity contribution in [2.45, 2.75) is 24.9 Å². The van der Waals surface area contributed by atoms with Gasteiger partial charge in [0, 0.05) is 19.2 Å². The SMILES string of the molecule is CCOC(c1cnc(-c2ccccc2)n1C)(C(F)(F)F)C(F)(F)F. The molecule has 0 bridgehead atoms. The van der Waals surface area contributed by atoms with Crippen LogP contribution in [0.2, 0.25) is 0 Å². The molecule has 132 valence electrons. The van der Waals surface area contributed by atoms with E-state index in [4.69, 9.17) is 0 Å². The molecular weight excluding hydrogens is 338 g/mol. The molecular formula is C15H14F6N2O. The fourth-order valence-electron chi connectivity index (χ4n) is 2.50. The molecule has 1 aromatic carbocycles. The van der Waals surface area contributed by atoms with E-state index in [1.54, 1.807) is 18.2 Å². The number of imidazole rings is 1. The molecule has 0 saturated carbocycles. The molecule has 0 radical (unpaired) electrons. The van der Waals surface area contributed by atoms with E-state index >= 15 is 0 Å². The minimum atomic E-state index is -5.71. The maximum Gasteiger partial charge on any atom is 0.432 e. The van der Waals surface area contributed by atoms with E-state index in [1.807, 2.05) is 0 Å². The molecule has 2 aromatic rings. The standard InChI is InChI=1S/C15H14F6N2O/c1-3-24-13(14(16,17)18,15(19,20)21)11-9-22-12(23(11)2)10-7-5-4-6-8-10/h4-9H,3H2,1-2H3. The van der Waals surface area contributed by atoms with Crippen LogP contribution in [0.3, 0.4) is 0 Å². The normalized spacial score (nSPS) is 13.3. The van der Waals surface area contributed by atoms with Gasteiger partial charge in [0.25, 0.3) is 0 Å². The first kappa shape index (κ1) is 18.3. The second kappa shape index (κ2) is 6.12. The van der Waals surface area contributed by atoms with Crippen molar-refractivity contribution < 1.29 is 31.1 Å². The van der Waals surface area contributed by atoms with Gasteiger partial charge in [-0.2, -0.15) is 26.3 Å². The Labute approximate surface area is 133 Å². The summed E-state index contributed by atoms with van der Waals surface area (Å²) < 4.78 is 85.7. The lowest BCUT2D eigenvalue weighted by atomic mass is 9.98. The summed E-state index contributed by atoms with van der Waals surface area (Å²) in [5.41, 5.74) is -5.17. The van der Waals surface area contributed by atoms with Gasteiger partial charge in [-0.05, 0) is 6.92 Å². The molecule has 24 heavy (non-hydrogen) atoms. The molecule has 0 atom stereocenters. The molecule has 0 fully saturated rings. The van der Waals surface area contributed by atoms with E-state index in [9.17, 15) is 26.3 Å². The van der Waals surface area contributed by atoms with Crippen molar-refractivity contribution in [3.8, 4) is 11.4 Å². The first-order valence-corrected chi connectivity index (χ1v) is 6.91. The van der Waals surface area contributed by atoms with Crippen molar-refractivity contribution in [3.05, 3.63) is 42.2 Å². The van der Waals surface area contributed by atoms with Gasteiger partial charge in [-0.15, -0.1) is 0 Å². The number of halogens is 6. The zero-order valence-electron chi connectivity index (χ0n) is 12.7. The molecule has 0 amide bonds. The van der Waals surface area contributed by atoms with Gasteiger partial charge < -0.3 is 9.30 Å². The van der Waals surface area contributed by atoms with Gasteiger partial charge in [0.05, 0.1) is 11.9 Å². The smallest absolute Gasteiger partial charge is 0.353 e. The van der Waals surface area contributed by atoms with Crippen molar-refractivity contribution in [1.29, 1.82) is 0 Å². The Balaban J connectivity index is 2.71. The topological polar surface area (TPSA) is 27.1 Å². The summed E-state index contributed by atoms with van der Waals surface area (Å²) in [7, 11) is 1.09. The highest BCUT2D eigenvalue weighted by atomic mass is 19.4. The van der Waals surface area contributed by atoms with Crippen molar-refractivity contribution in [2.24, 2.45) is 7.05 Å². The lowest BCUT2D eigenvalue weighted by Gasteiger charge is -2.36. The average molecular weight is 352 g/mol. The highest BCUT2D eigenvalue weighted by Crippen LogP contribution is 2.53. The van der Waals surface area contributed by atoms with Gasteiger partial charge in [0.1, 0.15) is 5.82 Å². The Bertz CT molecular complexity index is 676. The molecule has 1 aromatic heterocycles. The Morgan fingerprint density at radius 2 is 1.54 bits per heavy atom. The van der Waals surface area contributed by atoms with E-state index in [0.29, 0.717) is 11.8 Å². The Morgan fingerprint density at radius 3 is 2.00 bits per heavy atom. The molecule has 0 spiro atoms. The number of alkyl halides is 6.